The molecule has 0 aromatic heterocycles. The van der Waals surface area contributed by atoms with E-state index in [-0.39, 0.29) is 28.8 Å². The van der Waals surface area contributed by atoms with E-state index in [0.717, 1.165) is 0 Å². The fourth-order valence-corrected chi connectivity index (χ4v) is 2.51. The Balaban J connectivity index is 2.00. The lowest BCUT2D eigenvalue weighted by atomic mass is 10.1. The molecule has 1 aliphatic rings. The van der Waals surface area contributed by atoms with Gasteiger partial charge in [0.2, 0.25) is 11.5 Å². The fourth-order valence-electron chi connectivity index (χ4n) is 2.51. The standard InChI is InChI=1S/C18H16O6/c1-21-13-7-4-10(8-14(13)22-2)9-15-16(20)11-5-6-12(19)18(23-3)17(11)24-15/h4-9,19H,1-3H3/b15-9+. The van der Waals surface area contributed by atoms with E-state index in [1.807, 2.05) is 0 Å². The summed E-state index contributed by atoms with van der Waals surface area (Å²) in [6, 6.07) is 8.16. The zero-order valence-electron chi connectivity index (χ0n) is 13.5. The Morgan fingerprint density at radius 1 is 1.00 bits per heavy atom. The minimum Gasteiger partial charge on any atom is -0.504 e. The second-order valence-electron chi connectivity index (χ2n) is 5.05. The van der Waals surface area contributed by atoms with Crippen LogP contribution in [0.5, 0.6) is 28.7 Å². The Morgan fingerprint density at radius 2 is 1.75 bits per heavy atom. The van der Waals surface area contributed by atoms with Crippen LogP contribution in [0.2, 0.25) is 0 Å². The molecule has 6 nitrogen and oxygen atoms in total. The van der Waals surface area contributed by atoms with Crippen molar-refractivity contribution in [1.29, 1.82) is 0 Å². The average Bonchev–Trinajstić information content (AvgIpc) is 2.90. The molecule has 0 spiro atoms. The van der Waals surface area contributed by atoms with Crippen LogP contribution in [-0.2, 0) is 0 Å². The first-order chi connectivity index (χ1) is 11.6. The van der Waals surface area contributed by atoms with E-state index in [2.05, 4.69) is 0 Å². The van der Waals surface area contributed by atoms with Gasteiger partial charge in [0.15, 0.2) is 28.8 Å². The third-order valence-electron chi connectivity index (χ3n) is 3.68. The number of phenols is 1. The largest absolute Gasteiger partial charge is 0.504 e. The molecule has 0 radical (unpaired) electrons. The molecule has 0 atom stereocenters. The van der Waals surface area contributed by atoms with E-state index in [0.29, 0.717) is 22.6 Å². The van der Waals surface area contributed by atoms with Crippen molar-refractivity contribution in [3.8, 4) is 28.7 Å². The predicted molar refractivity (Wildman–Crippen MR) is 87.1 cm³/mol. The molecule has 1 heterocycles. The van der Waals surface area contributed by atoms with Gasteiger partial charge in [0.25, 0.3) is 0 Å². The molecule has 0 bridgehead atoms. The van der Waals surface area contributed by atoms with E-state index in [1.54, 1.807) is 31.4 Å². The van der Waals surface area contributed by atoms with Gasteiger partial charge in [-0.15, -0.1) is 0 Å². The minimum atomic E-state index is -0.280. The monoisotopic (exact) mass is 328 g/mol. The van der Waals surface area contributed by atoms with Gasteiger partial charge >= 0.3 is 0 Å². The Hall–Kier alpha value is -3.15. The number of ketones is 1. The minimum absolute atomic E-state index is 0.0867. The van der Waals surface area contributed by atoms with Crippen LogP contribution in [0, 0.1) is 0 Å². The molecule has 1 aliphatic heterocycles. The van der Waals surface area contributed by atoms with Crippen LogP contribution < -0.4 is 18.9 Å². The first-order valence-electron chi connectivity index (χ1n) is 7.15. The van der Waals surface area contributed by atoms with Gasteiger partial charge in [0, 0.05) is 0 Å². The number of allylic oxidation sites excluding steroid dienone is 1. The Kier molecular flexibility index (Phi) is 4.04. The van der Waals surface area contributed by atoms with Gasteiger partial charge in [-0.05, 0) is 35.9 Å². The highest BCUT2D eigenvalue weighted by Gasteiger charge is 2.31. The zero-order chi connectivity index (χ0) is 17.3. The summed E-state index contributed by atoms with van der Waals surface area (Å²) in [6.45, 7) is 0. The molecule has 3 rings (SSSR count). The maximum atomic E-state index is 12.5. The molecule has 0 aliphatic carbocycles. The molecular formula is C18H16O6. The number of carbonyl (C=O) groups is 1. The Morgan fingerprint density at radius 3 is 2.42 bits per heavy atom. The number of aromatic hydroxyl groups is 1. The summed E-state index contributed by atoms with van der Waals surface area (Å²) in [5.41, 5.74) is 1.06. The van der Waals surface area contributed by atoms with Crippen LogP contribution in [0.1, 0.15) is 15.9 Å². The van der Waals surface area contributed by atoms with Gasteiger partial charge in [0.05, 0.1) is 26.9 Å². The summed E-state index contributed by atoms with van der Waals surface area (Å²) >= 11 is 0. The van der Waals surface area contributed by atoms with Gasteiger partial charge < -0.3 is 24.1 Å². The molecule has 1 N–H and O–H groups in total. The number of fused-ring (bicyclic) bond motifs is 1. The van der Waals surface area contributed by atoms with Crippen molar-refractivity contribution in [3.63, 3.8) is 0 Å². The second-order valence-corrected chi connectivity index (χ2v) is 5.05. The molecule has 2 aromatic rings. The molecule has 0 saturated heterocycles. The van der Waals surface area contributed by atoms with Crippen LogP contribution in [0.4, 0.5) is 0 Å². The number of rotatable bonds is 4. The van der Waals surface area contributed by atoms with Gasteiger partial charge in [0.1, 0.15) is 0 Å². The van der Waals surface area contributed by atoms with Gasteiger partial charge in [-0.3, -0.25) is 4.79 Å². The van der Waals surface area contributed by atoms with Crippen LogP contribution in [-0.4, -0.2) is 32.2 Å². The summed E-state index contributed by atoms with van der Waals surface area (Å²) in [6.07, 6.45) is 1.60. The van der Waals surface area contributed by atoms with Crippen molar-refractivity contribution in [2.45, 2.75) is 0 Å². The van der Waals surface area contributed by atoms with E-state index in [1.165, 1.54) is 26.4 Å². The van der Waals surface area contributed by atoms with E-state index in [9.17, 15) is 9.90 Å². The van der Waals surface area contributed by atoms with Gasteiger partial charge in [-0.1, -0.05) is 6.07 Å². The summed E-state index contributed by atoms with van der Waals surface area (Å²) in [7, 11) is 4.49. The van der Waals surface area contributed by atoms with Gasteiger partial charge in [-0.2, -0.15) is 0 Å². The number of benzene rings is 2. The van der Waals surface area contributed by atoms with Crippen LogP contribution in [0.25, 0.3) is 6.08 Å². The lowest BCUT2D eigenvalue weighted by Gasteiger charge is -2.08. The van der Waals surface area contributed by atoms with E-state index in [4.69, 9.17) is 18.9 Å². The highest BCUT2D eigenvalue weighted by molar-refractivity contribution is 6.15. The van der Waals surface area contributed by atoms with Crippen LogP contribution in [0.3, 0.4) is 0 Å². The number of ether oxygens (including phenoxy) is 4. The third kappa shape index (κ3) is 2.52. The highest BCUT2D eigenvalue weighted by atomic mass is 16.5. The number of carbonyl (C=O) groups excluding carboxylic acids is 1. The van der Waals surface area contributed by atoms with Crippen molar-refractivity contribution < 1.29 is 28.8 Å². The van der Waals surface area contributed by atoms with E-state index >= 15 is 0 Å². The van der Waals surface area contributed by atoms with E-state index < -0.39 is 0 Å². The maximum absolute atomic E-state index is 12.5. The molecule has 0 unspecified atom stereocenters. The molecule has 0 amide bonds. The number of Topliss-reactive ketones (excluding diaryl/α,β-unsaturated/α-hetero) is 1. The Bertz CT molecular complexity index is 838. The summed E-state index contributed by atoms with van der Waals surface area (Å²) in [5.74, 6) is 1.26. The number of methoxy groups -OCH3 is 3. The van der Waals surface area contributed by atoms with Crippen LogP contribution >= 0.6 is 0 Å². The van der Waals surface area contributed by atoms with Crippen molar-refractivity contribution in [2.75, 3.05) is 21.3 Å². The number of hydrogen-bond acceptors (Lipinski definition) is 6. The molecule has 0 fully saturated rings. The molecule has 6 heteroatoms. The first kappa shape index (κ1) is 15.7. The number of hydrogen-bond donors (Lipinski definition) is 1. The molecule has 124 valence electrons. The molecular weight excluding hydrogens is 312 g/mol. The molecule has 0 saturated carbocycles. The van der Waals surface area contributed by atoms with Crippen molar-refractivity contribution >= 4 is 11.9 Å². The SMILES string of the molecule is COc1ccc(/C=C2/Oc3c(ccc(O)c3OC)C2=O)cc1OC. The van der Waals surface area contributed by atoms with Crippen molar-refractivity contribution in [1.82, 2.24) is 0 Å². The van der Waals surface area contributed by atoms with Gasteiger partial charge in [-0.25, -0.2) is 0 Å². The third-order valence-corrected chi connectivity index (χ3v) is 3.68. The normalized spacial score (nSPS) is 14.3. The quantitative estimate of drug-likeness (QED) is 0.870. The zero-order valence-corrected chi connectivity index (χ0v) is 13.5. The average molecular weight is 328 g/mol. The first-order valence-corrected chi connectivity index (χ1v) is 7.15. The topological polar surface area (TPSA) is 74.2 Å². The lowest BCUT2D eigenvalue weighted by Crippen LogP contribution is -1.98. The van der Waals surface area contributed by atoms with Crippen molar-refractivity contribution in [2.24, 2.45) is 0 Å². The summed E-state index contributed by atoms with van der Waals surface area (Å²) in [5, 5.41) is 9.80. The summed E-state index contributed by atoms with van der Waals surface area (Å²) in [4.78, 5) is 12.5. The number of phenolic OH excluding ortho intramolecular Hbond substituents is 1. The second kappa shape index (κ2) is 6.16. The molecule has 2 aromatic carbocycles. The Labute approximate surface area is 138 Å². The summed E-state index contributed by atoms with van der Waals surface area (Å²) < 4.78 is 21.2. The predicted octanol–water partition coefficient (Wildman–Crippen LogP) is 3.03. The fraction of sp³-hybridized carbons (Fsp3) is 0.167. The lowest BCUT2D eigenvalue weighted by molar-refractivity contribution is 0.101. The maximum Gasteiger partial charge on any atom is 0.232 e. The van der Waals surface area contributed by atoms with Crippen LogP contribution in [0.15, 0.2) is 36.1 Å². The smallest absolute Gasteiger partial charge is 0.232 e. The van der Waals surface area contributed by atoms with Crippen molar-refractivity contribution in [3.05, 3.63) is 47.2 Å². The highest BCUT2D eigenvalue weighted by Crippen LogP contribution is 2.45. The molecule has 24 heavy (non-hydrogen) atoms.